The van der Waals surface area contributed by atoms with Crippen molar-refractivity contribution in [2.24, 2.45) is 0 Å². The summed E-state index contributed by atoms with van der Waals surface area (Å²) in [5.74, 6) is -0.251. The minimum Gasteiger partial charge on any atom is -0.507 e. The molecular weight excluding hydrogens is 442 g/mol. The van der Waals surface area contributed by atoms with Crippen molar-refractivity contribution in [1.29, 1.82) is 0 Å². The van der Waals surface area contributed by atoms with E-state index in [1.807, 2.05) is 69.3 Å². The van der Waals surface area contributed by atoms with Crippen LogP contribution in [-0.2, 0) is 16.1 Å². The molecule has 3 aromatic rings. The van der Waals surface area contributed by atoms with Crippen LogP contribution in [0.4, 0.5) is 0 Å². The van der Waals surface area contributed by atoms with Crippen LogP contribution < -0.4 is 9.47 Å². The van der Waals surface area contributed by atoms with E-state index in [2.05, 4.69) is 0 Å². The zero-order valence-electron chi connectivity index (χ0n) is 20.3. The first-order chi connectivity index (χ1) is 16.8. The van der Waals surface area contributed by atoms with Gasteiger partial charge in [-0.05, 0) is 68.3 Å². The fraction of sp³-hybridized carbons (Fsp3) is 0.241. The van der Waals surface area contributed by atoms with E-state index in [-0.39, 0.29) is 24.0 Å². The maximum Gasteiger partial charge on any atom is 0.295 e. The molecule has 1 N–H and O–H groups in total. The van der Waals surface area contributed by atoms with Crippen LogP contribution in [0, 0.1) is 6.92 Å². The molecule has 0 bridgehead atoms. The Labute approximate surface area is 205 Å². The average Bonchev–Trinajstić information content (AvgIpc) is 3.09. The largest absolute Gasteiger partial charge is 0.507 e. The fourth-order valence-electron chi connectivity index (χ4n) is 4.32. The Morgan fingerprint density at radius 2 is 1.69 bits per heavy atom. The van der Waals surface area contributed by atoms with Gasteiger partial charge in [0.15, 0.2) is 0 Å². The van der Waals surface area contributed by atoms with Crippen LogP contribution in [0.2, 0.25) is 0 Å². The number of Topliss-reactive ketones (excluding diaryl/α,β-unsaturated/α-hetero) is 1. The second-order valence-electron chi connectivity index (χ2n) is 8.88. The highest BCUT2D eigenvalue weighted by Crippen LogP contribution is 2.40. The molecule has 6 nitrogen and oxygen atoms in total. The van der Waals surface area contributed by atoms with Crippen LogP contribution in [-0.4, -0.2) is 34.9 Å². The van der Waals surface area contributed by atoms with Crippen molar-refractivity contribution < 1.29 is 24.2 Å². The zero-order chi connectivity index (χ0) is 25.1. The minimum atomic E-state index is -0.729. The normalized spacial score (nSPS) is 17.2. The number of carbonyl (C=O) groups is 2. The lowest BCUT2D eigenvalue weighted by molar-refractivity contribution is -0.140. The van der Waals surface area contributed by atoms with Gasteiger partial charge in [0.25, 0.3) is 11.7 Å². The van der Waals surface area contributed by atoms with Crippen molar-refractivity contribution in [3.63, 3.8) is 0 Å². The summed E-state index contributed by atoms with van der Waals surface area (Å²) in [6, 6.07) is 21.1. The lowest BCUT2D eigenvalue weighted by Gasteiger charge is -2.26. The summed E-state index contributed by atoms with van der Waals surface area (Å²) in [5.41, 5.74) is 3.08. The first-order valence-corrected chi connectivity index (χ1v) is 11.5. The topological polar surface area (TPSA) is 76.1 Å². The smallest absolute Gasteiger partial charge is 0.295 e. The summed E-state index contributed by atoms with van der Waals surface area (Å²) in [5, 5.41) is 11.3. The quantitative estimate of drug-likeness (QED) is 0.283. The number of hydrogen-bond acceptors (Lipinski definition) is 5. The average molecular weight is 472 g/mol. The third kappa shape index (κ3) is 5.06. The van der Waals surface area contributed by atoms with Crippen molar-refractivity contribution in [1.82, 2.24) is 4.90 Å². The maximum absolute atomic E-state index is 13.3. The number of carbonyl (C=O) groups excluding carboxylic acids is 2. The highest BCUT2D eigenvalue weighted by Gasteiger charge is 2.46. The van der Waals surface area contributed by atoms with E-state index in [1.165, 1.54) is 4.90 Å². The Hall–Kier alpha value is -4.06. The van der Waals surface area contributed by atoms with Crippen molar-refractivity contribution in [2.45, 2.75) is 39.5 Å². The number of aryl methyl sites for hydroxylation is 1. The summed E-state index contributed by atoms with van der Waals surface area (Å²) < 4.78 is 11.0. The number of likely N-dealkylation sites (tertiary alicyclic amines) is 1. The highest BCUT2D eigenvalue weighted by atomic mass is 16.5. The predicted molar refractivity (Wildman–Crippen MR) is 134 cm³/mol. The molecule has 1 saturated heterocycles. The molecule has 180 valence electrons. The van der Waals surface area contributed by atoms with E-state index in [9.17, 15) is 14.7 Å². The molecule has 1 unspecified atom stereocenters. The number of aliphatic hydroxyl groups excluding tert-OH is 1. The maximum atomic E-state index is 13.3. The van der Waals surface area contributed by atoms with E-state index >= 15 is 0 Å². The summed E-state index contributed by atoms with van der Waals surface area (Å²) in [4.78, 5) is 28.0. The molecule has 3 aromatic carbocycles. The second-order valence-corrected chi connectivity index (χ2v) is 8.88. The van der Waals surface area contributed by atoms with Gasteiger partial charge in [0.1, 0.15) is 17.3 Å². The number of ether oxygens (including phenoxy) is 2. The number of benzene rings is 3. The molecule has 1 fully saturated rings. The zero-order valence-corrected chi connectivity index (χ0v) is 20.3. The van der Waals surface area contributed by atoms with E-state index in [1.54, 1.807) is 31.4 Å². The van der Waals surface area contributed by atoms with Gasteiger partial charge in [0.2, 0.25) is 0 Å². The van der Waals surface area contributed by atoms with Crippen molar-refractivity contribution in [3.8, 4) is 11.5 Å². The molecule has 1 aliphatic rings. The van der Waals surface area contributed by atoms with Gasteiger partial charge in [-0.3, -0.25) is 9.59 Å². The Balaban J connectivity index is 1.80. The van der Waals surface area contributed by atoms with Crippen LogP contribution in [0.15, 0.2) is 78.4 Å². The molecule has 0 saturated carbocycles. The van der Waals surface area contributed by atoms with E-state index in [0.29, 0.717) is 17.1 Å². The summed E-state index contributed by atoms with van der Waals surface area (Å²) in [7, 11) is 1.58. The van der Waals surface area contributed by atoms with Gasteiger partial charge in [-0.15, -0.1) is 0 Å². The van der Waals surface area contributed by atoms with Crippen LogP contribution in [0.1, 0.15) is 42.1 Å². The second kappa shape index (κ2) is 10.1. The van der Waals surface area contributed by atoms with Crippen LogP contribution in [0.3, 0.4) is 0 Å². The molecule has 1 atom stereocenters. The molecule has 0 spiro atoms. The monoisotopic (exact) mass is 471 g/mol. The molecule has 1 heterocycles. The van der Waals surface area contributed by atoms with Crippen molar-refractivity contribution in [2.75, 3.05) is 7.11 Å². The molecule has 1 amide bonds. The Kier molecular flexibility index (Phi) is 6.92. The standard InChI is InChI=1S/C29H29NO5/c1-18(2)35-23-13-11-21(12-14-23)27(31)25-26(22-9-5-7-19(3)15-22)30(29(33)28(25)32)17-20-8-6-10-24(16-20)34-4/h5-16,18,26,31H,17H2,1-4H3/b27-25-. The van der Waals surface area contributed by atoms with Crippen LogP contribution in [0.25, 0.3) is 5.76 Å². The Morgan fingerprint density at radius 1 is 0.971 bits per heavy atom. The number of rotatable bonds is 7. The van der Waals surface area contributed by atoms with Gasteiger partial charge in [-0.2, -0.15) is 0 Å². The van der Waals surface area contributed by atoms with Crippen molar-refractivity contribution in [3.05, 3.63) is 101 Å². The third-order valence-electron chi connectivity index (χ3n) is 5.88. The van der Waals surface area contributed by atoms with Crippen LogP contribution in [0.5, 0.6) is 11.5 Å². The lowest BCUT2D eigenvalue weighted by Crippen LogP contribution is -2.29. The molecule has 0 aromatic heterocycles. The fourth-order valence-corrected chi connectivity index (χ4v) is 4.32. The minimum absolute atomic E-state index is 0.0118. The molecule has 0 aliphatic carbocycles. The lowest BCUT2D eigenvalue weighted by atomic mass is 9.94. The van der Waals surface area contributed by atoms with Gasteiger partial charge in [-0.1, -0.05) is 42.0 Å². The number of ketones is 1. The molecule has 35 heavy (non-hydrogen) atoms. The van der Waals surface area contributed by atoms with Gasteiger partial charge in [0.05, 0.1) is 24.8 Å². The SMILES string of the molecule is COc1cccc(CN2C(=O)C(=O)/C(=C(\O)c3ccc(OC(C)C)cc3)C2c2cccc(C)c2)c1. The van der Waals surface area contributed by atoms with E-state index < -0.39 is 17.7 Å². The highest BCUT2D eigenvalue weighted by molar-refractivity contribution is 6.46. The molecule has 0 radical (unpaired) electrons. The molecular formula is C29H29NO5. The number of nitrogens with zero attached hydrogens (tertiary/aromatic N) is 1. The van der Waals surface area contributed by atoms with Crippen molar-refractivity contribution >= 4 is 17.4 Å². The van der Waals surface area contributed by atoms with Gasteiger partial charge in [-0.25, -0.2) is 0 Å². The summed E-state index contributed by atoms with van der Waals surface area (Å²) in [6.07, 6.45) is 0.0118. The molecule has 1 aliphatic heterocycles. The van der Waals surface area contributed by atoms with Gasteiger partial charge < -0.3 is 19.5 Å². The number of hydrogen-bond donors (Lipinski definition) is 1. The van der Waals surface area contributed by atoms with Gasteiger partial charge >= 0.3 is 0 Å². The van der Waals surface area contributed by atoms with Crippen LogP contribution >= 0.6 is 0 Å². The first kappa shape index (κ1) is 24.1. The Morgan fingerprint density at radius 3 is 2.34 bits per heavy atom. The number of methoxy groups -OCH3 is 1. The summed E-state index contributed by atoms with van der Waals surface area (Å²) in [6.45, 7) is 6.00. The molecule has 6 heteroatoms. The van der Waals surface area contributed by atoms with E-state index in [0.717, 1.165) is 16.7 Å². The Bertz CT molecular complexity index is 1280. The number of amides is 1. The number of aliphatic hydroxyl groups is 1. The molecule has 4 rings (SSSR count). The first-order valence-electron chi connectivity index (χ1n) is 11.5. The summed E-state index contributed by atoms with van der Waals surface area (Å²) >= 11 is 0. The third-order valence-corrected chi connectivity index (χ3v) is 5.88. The predicted octanol–water partition coefficient (Wildman–Crippen LogP) is 5.41. The van der Waals surface area contributed by atoms with Gasteiger partial charge in [0, 0.05) is 12.1 Å². The van der Waals surface area contributed by atoms with E-state index in [4.69, 9.17) is 9.47 Å².